The summed E-state index contributed by atoms with van der Waals surface area (Å²) in [4.78, 5) is 0. The highest BCUT2D eigenvalue weighted by Gasteiger charge is 2.20. The van der Waals surface area contributed by atoms with Gasteiger partial charge in [0, 0.05) is 5.92 Å². The van der Waals surface area contributed by atoms with Crippen molar-refractivity contribution in [2.24, 2.45) is 17.8 Å². The Morgan fingerprint density at radius 1 is 1.15 bits per heavy atom. The van der Waals surface area contributed by atoms with Crippen molar-refractivity contribution in [3.8, 4) is 0 Å². The van der Waals surface area contributed by atoms with E-state index in [0.717, 1.165) is 18.3 Å². The van der Waals surface area contributed by atoms with Gasteiger partial charge in [-0.15, -0.1) is 19.7 Å². The molecule has 0 spiro atoms. The lowest BCUT2D eigenvalue weighted by molar-refractivity contribution is 0.637. The van der Waals surface area contributed by atoms with Crippen molar-refractivity contribution in [3.63, 3.8) is 0 Å². The van der Waals surface area contributed by atoms with Crippen LogP contribution < -0.4 is 0 Å². The van der Waals surface area contributed by atoms with Crippen molar-refractivity contribution < 1.29 is 0 Å². The van der Waals surface area contributed by atoms with Crippen LogP contribution in [0.2, 0.25) is 0 Å². The molecule has 1 fully saturated rings. The van der Waals surface area contributed by atoms with Gasteiger partial charge in [-0.2, -0.15) is 0 Å². The van der Waals surface area contributed by atoms with Crippen LogP contribution in [-0.2, 0) is 0 Å². The predicted molar refractivity (Wildman–Crippen MR) is 91.6 cm³/mol. The van der Waals surface area contributed by atoms with Crippen molar-refractivity contribution >= 4 is 0 Å². The Balaban J connectivity index is 0.000000956. The topological polar surface area (TPSA) is 0 Å². The van der Waals surface area contributed by atoms with Gasteiger partial charge in [-0.05, 0) is 43.1 Å². The quantitative estimate of drug-likeness (QED) is 0.546. The summed E-state index contributed by atoms with van der Waals surface area (Å²) in [6, 6.07) is 0. The molecule has 0 heterocycles. The largest absolute Gasteiger partial charge is 0.106 e. The van der Waals surface area contributed by atoms with Gasteiger partial charge in [-0.3, -0.25) is 0 Å². The third-order valence-corrected chi connectivity index (χ3v) is 4.04. The lowest BCUT2D eigenvalue weighted by Crippen LogP contribution is -1.92. The summed E-state index contributed by atoms with van der Waals surface area (Å²) >= 11 is 0. The van der Waals surface area contributed by atoms with Gasteiger partial charge in [0.25, 0.3) is 0 Å². The molecule has 2 aliphatic rings. The fraction of sp³-hybridized carbons (Fsp3) is 0.400. The average Bonchev–Trinajstić information content (AvgIpc) is 2.84. The molecule has 20 heavy (non-hydrogen) atoms. The minimum absolute atomic E-state index is 0.466. The molecule has 2 aliphatic carbocycles. The highest BCUT2D eigenvalue weighted by molar-refractivity contribution is 5.30. The highest BCUT2D eigenvalue weighted by atomic mass is 14.2. The molecule has 0 aromatic rings. The third kappa shape index (κ3) is 5.21. The molecule has 2 rings (SSSR count). The molecule has 0 N–H and O–H groups in total. The molecule has 108 valence electrons. The van der Waals surface area contributed by atoms with E-state index in [-0.39, 0.29) is 0 Å². The van der Waals surface area contributed by atoms with Crippen molar-refractivity contribution in [3.05, 3.63) is 73.9 Å². The maximum Gasteiger partial charge on any atom is 0.0133 e. The first-order valence-corrected chi connectivity index (χ1v) is 7.68. The summed E-state index contributed by atoms with van der Waals surface area (Å²) in [5.41, 5.74) is 1.41. The van der Waals surface area contributed by atoms with E-state index in [9.17, 15) is 0 Å². The first kappa shape index (κ1) is 16.5. The van der Waals surface area contributed by atoms with E-state index in [1.807, 2.05) is 0 Å². The molecule has 0 radical (unpaired) electrons. The van der Waals surface area contributed by atoms with Crippen LogP contribution in [0, 0.1) is 17.8 Å². The fourth-order valence-corrected chi connectivity index (χ4v) is 2.75. The molecule has 0 aromatic heterocycles. The van der Waals surface area contributed by atoms with E-state index in [0.29, 0.717) is 5.92 Å². The van der Waals surface area contributed by atoms with Gasteiger partial charge in [-0.1, -0.05) is 55.5 Å². The minimum atomic E-state index is 0.466. The predicted octanol–water partition coefficient (Wildman–Crippen LogP) is 6.03. The van der Waals surface area contributed by atoms with Crippen molar-refractivity contribution in [2.75, 3.05) is 0 Å². The van der Waals surface area contributed by atoms with E-state index in [4.69, 9.17) is 0 Å². The first-order chi connectivity index (χ1) is 9.81. The summed E-state index contributed by atoms with van der Waals surface area (Å²) in [5.74, 6) is 1.97. The van der Waals surface area contributed by atoms with Crippen LogP contribution in [0.5, 0.6) is 0 Å². The second-order valence-electron chi connectivity index (χ2n) is 5.37. The summed E-state index contributed by atoms with van der Waals surface area (Å²) in [6.07, 6.45) is 23.2. The summed E-state index contributed by atoms with van der Waals surface area (Å²) < 4.78 is 0. The smallest absolute Gasteiger partial charge is 0.0133 e. The third-order valence-electron chi connectivity index (χ3n) is 4.04. The number of hydrogen-bond donors (Lipinski definition) is 0. The monoisotopic (exact) mass is 268 g/mol. The molecule has 3 atom stereocenters. The molecule has 1 saturated carbocycles. The van der Waals surface area contributed by atoms with Gasteiger partial charge in [0.05, 0.1) is 0 Å². The number of rotatable bonds is 4. The molecular weight excluding hydrogens is 240 g/mol. The molecule has 0 amide bonds. The Hall–Kier alpha value is -1.56. The van der Waals surface area contributed by atoms with E-state index < -0.39 is 0 Å². The van der Waals surface area contributed by atoms with Crippen LogP contribution in [0.15, 0.2) is 73.9 Å². The van der Waals surface area contributed by atoms with E-state index in [2.05, 4.69) is 75.3 Å². The van der Waals surface area contributed by atoms with Crippen LogP contribution in [0.3, 0.4) is 0 Å². The maximum atomic E-state index is 3.90. The molecule has 0 bridgehead atoms. The van der Waals surface area contributed by atoms with Gasteiger partial charge in [0.2, 0.25) is 0 Å². The van der Waals surface area contributed by atoms with Crippen LogP contribution in [0.4, 0.5) is 0 Å². The molecule has 3 unspecified atom stereocenters. The lowest BCUT2D eigenvalue weighted by atomic mass is 10.0. The summed E-state index contributed by atoms with van der Waals surface area (Å²) in [5, 5.41) is 0. The molecule has 0 aliphatic heterocycles. The van der Waals surface area contributed by atoms with Crippen LogP contribution >= 0.6 is 0 Å². The Labute approximate surface area is 125 Å². The second kappa shape index (κ2) is 9.36. The van der Waals surface area contributed by atoms with Gasteiger partial charge in [0.1, 0.15) is 0 Å². The van der Waals surface area contributed by atoms with Crippen LogP contribution in [0.25, 0.3) is 0 Å². The van der Waals surface area contributed by atoms with E-state index >= 15 is 0 Å². The Kier molecular flexibility index (Phi) is 7.72. The summed E-state index contributed by atoms with van der Waals surface area (Å²) in [7, 11) is 0. The maximum absolute atomic E-state index is 3.90. The first-order valence-electron chi connectivity index (χ1n) is 7.68. The number of allylic oxidation sites excluding steroid dienone is 9. The van der Waals surface area contributed by atoms with Gasteiger partial charge in [-0.25, -0.2) is 0 Å². The molecule has 0 aromatic carbocycles. The molecule has 0 nitrogen and oxygen atoms in total. The van der Waals surface area contributed by atoms with Gasteiger partial charge in [0.15, 0.2) is 0 Å². The van der Waals surface area contributed by atoms with Gasteiger partial charge < -0.3 is 0 Å². The zero-order valence-electron chi connectivity index (χ0n) is 12.8. The van der Waals surface area contributed by atoms with Crippen molar-refractivity contribution in [1.82, 2.24) is 0 Å². The minimum Gasteiger partial charge on any atom is -0.106 e. The van der Waals surface area contributed by atoms with Crippen molar-refractivity contribution in [1.29, 1.82) is 0 Å². The molecule has 0 saturated heterocycles. The standard InChI is InChI=1S/C18H24.C2H4/c1-3-15-6-5-7-17(10-8-15)11-13-18-12-9-16(4-2)14-18;1-2/h4-8,10-11,13,16-18H,2-3,9,12,14H2,1H3;1-2H2/b13-11+;. The average molecular weight is 268 g/mol. The van der Waals surface area contributed by atoms with Crippen molar-refractivity contribution in [2.45, 2.75) is 32.6 Å². The highest BCUT2D eigenvalue weighted by Crippen LogP contribution is 2.32. The zero-order valence-corrected chi connectivity index (χ0v) is 12.8. The Morgan fingerprint density at radius 3 is 2.55 bits per heavy atom. The molecule has 0 heteroatoms. The van der Waals surface area contributed by atoms with Gasteiger partial charge >= 0.3 is 0 Å². The normalized spacial score (nSPS) is 28.6. The Morgan fingerprint density at radius 2 is 1.90 bits per heavy atom. The SMILES string of the molecule is C=C.C=CC1CCC(/C=C/C2C=CC=C(CC)C=C2)C1. The fourth-order valence-electron chi connectivity index (χ4n) is 2.75. The lowest BCUT2D eigenvalue weighted by Gasteiger charge is -2.05. The van der Waals surface area contributed by atoms with Crippen LogP contribution in [-0.4, -0.2) is 0 Å². The summed E-state index contributed by atoms with van der Waals surface area (Å²) in [6.45, 7) is 12.1. The van der Waals surface area contributed by atoms with E-state index in [1.165, 1.54) is 24.8 Å². The molecular formula is C20H28. The zero-order chi connectivity index (χ0) is 14.8. The Bertz CT molecular complexity index is 406. The second-order valence-corrected chi connectivity index (χ2v) is 5.37. The van der Waals surface area contributed by atoms with Crippen LogP contribution in [0.1, 0.15) is 32.6 Å². The van der Waals surface area contributed by atoms with E-state index in [1.54, 1.807) is 0 Å². The number of hydrogen-bond acceptors (Lipinski definition) is 0.